The van der Waals surface area contributed by atoms with Crippen LogP contribution in [0.4, 0.5) is 0 Å². The van der Waals surface area contributed by atoms with Crippen molar-refractivity contribution in [2.75, 3.05) is 0 Å². The van der Waals surface area contributed by atoms with Crippen LogP contribution in [0.25, 0.3) is 0 Å². The first-order chi connectivity index (χ1) is 7.41. The molecular formula is H15K3Na4O14P4. The summed E-state index contributed by atoms with van der Waals surface area (Å²) in [7, 11) is -20.2. The van der Waals surface area contributed by atoms with Crippen LogP contribution < -0.4 is 0 Å². The van der Waals surface area contributed by atoms with Gasteiger partial charge in [-0.1, -0.05) is 0 Å². The van der Waals surface area contributed by atoms with Crippen LogP contribution in [0.15, 0.2) is 0 Å². The van der Waals surface area contributed by atoms with Gasteiger partial charge in [-0.2, -0.15) is 8.62 Å². The maximum atomic E-state index is 9.63. The summed E-state index contributed by atoms with van der Waals surface area (Å²) in [6.45, 7) is 0. The van der Waals surface area contributed by atoms with Crippen LogP contribution >= 0.6 is 31.3 Å². The van der Waals surface area contributed by atoms with Gasteiger partial charge in [-0.05, 0) is 0 Å². The molecule has 25 heteroatoms. The summed E-state index contributed by atoms with van der Waals surface area (Å²) in [5.74, 6) is 0. The zero-order valence-corrected chi connectivity index (χ0v) is 11.4. The van der Waals surface area contributed by atoms with E-state index in [4.69, 9.17) is 39.1 Å². The van der Waals surface area contributed by atoms with E-state index < -0.39 is 31.3 Å². The van der Waals surface area contributed by atoms with E-state index in [2.05, 4.69) is 8.62 Å². The normalized spacial score (nSPS) is 9.92. The summed E-state index contributed by atoms with van der Waals surface area (Å²) < 4.78 is 44.4. The molecule has 0 bridgehead atoms. The van der Waals surface area contributed by atoms with E-state index in [1.165, 1.54) is 0 Å². The predicted molar refractivity (Wildman–Crippen MR) is 100 cm³/mol. The van der Waals surface area contributed by atoms with Crippen LogP contribution in [0.1, 0.15) is 0 Å². The average Bonchev–Trinajstić information content (AvgIpc) is 1.64. The van der Waals surface area contributed by atoms with E-state index in [1.54, 1.807) is 0 Å². The molecule has 126 valence electrons. The third-order valence-electron chi connectivity index (χ3n) is 0.425. The Morgan fingerprint density at radius 2 is 0.480 bits per heavy atom. The van der Waals surface area contributed by atoms with Gasteiger partial charge in [-0.25, -0.2) is 18.3 Å². The quantitative estimate of drug-likeness (QED) is 0.115. The molecule has 0 aromatic carbocycles. The van der Waals surface area contributed by atoms with Crippen molar-refractivity contribution in [1.29, 1.82) is 0 Å². The van der Waals surface area contributed by atoms with Crippen molar-refractivity contribution in [3.05, 3.63) is 0 Å². The third kappa shape index (κ3) is 71.9. The van der Waals surface area contributed by atoms with Gasteiger partial charge in [0.25, 0.3) is 0 Å². The maximum absolute atomic E-state index is 9.63. The Kier molecular flexibility index (Phi) is 66.7. The molecule has 0 aromatic rings. The van der Waals surface area contributed by atoms with Crippen molar-refractivity contribution < 1.29 is 66.0 Å². The van der Waals surface area contributed by atoms with Crippen molar-refractivity contribution in [3.8, 4) is 0 Å². The van der Waals surface area contributed by atoms with Gasteiger partial charge >= 0.3 is 304 Å². The second-order valence-electron chi connectivity index (χ2n) is 2.13. The molecule has 0 unspecified atom stereocenters. The Labute approximate surface area is 359 Å². The molecule has 0 rings (SSSR count). The summed E-state index contributed by atoms with van der Waals surface area (Å²) in [4.78, 5) is 62.0. The fourth-order valence-corrected chi connectivity index (χ4v) is 2.49. The number of phosphoric acid groups is 4. The van der Waals surface area contributed by atoms with Gasteiger partial charge in [-0.3, -0.25) is 0 Å². The van der Waals surface area contributed by atoms with Crippen molar-refractivity contribution in [3.63, 3.8) is 0 Å². The summed E-state index contributed by atoms with van der Waals surface area (Å²) in [6, 6.07) is 0. The predicted octanol–water partition coefficient (Wildman–Crippen LogP) is -6.16. The van der Waals surface area contributed by atoms with Gasteiger partial charge in [0.05, 0.1) is 0 Å². The topological polar surface area (TPSA) is 249 Å². The van der Waals surface area contributed by atoms with Gasteiger partial charge in [-0.15, -0.1) is 0 Å². The molecule has 0 heterocycles. The summed E-state index contributed by atoms with van der Waals surface area (Å²) in [5, 5.41) is 0. The first kappa shape index (κ1) is 59.5. The molecule has 0 aliphatic carbocycles. The van der Waals surface area contributed by atoms with Gasteiger partial charge in [0.1, 0.15) is 0 Å². The Hall–Kier alpha value is 9.43. The van der Waals surface area contributed by atoms with E-state index in [0.717, 1.165) is 0 Å². The number of rotatable bonds is 4. The fraction of sp³-hybridized carbons (Fsp3) is 0. The molecule has 0 aliphatic heterocycles. The minimum atomic E-state index is -5.05. The van der Waals surface area contributed by atoms with Crippen molar-refractivity contribution >= 4 is 304 Å². The standard InChI is InChI=1S/3K.4Na.2H4O7P2.7H/c;;;;;;;2*1-8(2,3)7-9(4,5)6;;;;;;;/h;;;;;;;2*(H2,1,2,3)(H2,4,5,6);;;;;;;. The first-order valence-electron chi connectivity index (χ1n) is 3.06. The van der Waals surface area contributed by atoms with E-state index in [-0.39, 0.29) is 272 Å². The Morgan fingerprint density at radius 1 is 0.400 bits per heavy atom. The molecule has 0 spiro atoms. The molecule has 0 saturated carbocycles. The molecule has 0 amide bonds. The van der Waals surface area contributed by atoms with E-state index in [0.29, 0.717) is 0 Å². The second kappa shape index (κ2) is 28.0. The Balaban J connectivity index is -0.0000000229. The molecular weight excluding hydrogens is 557 g/mol. The van der Waals surface area contributed by atoms with Gasteiger partial charge in [0.15, 0.2) is 0 Å². The summed E-state index contributed by atoms with van der Waals surface area (Å²) in [6.07, 6.45) is 0. The van der Waals surface area contributed by atoms with Crippen LogP contribution in [0.5, 0.6) is 0 Å². The molecule has 14 nitrogen and oxygen atoms in total. The fourth-order valence-electron chi connectivity index (χ4n) is 0.277. The van der Waals surface area contributed by atoms with Gasteiger partial charge < -0.3 is 39.1 Å². The molecule has 8 N–H and O–H groups in total. The molecule has 0 atom stereocenters. The molecule has 0 aliphatic rings. The summed E-state index contributed by atoms with van der Waals surface area (Å²) in [5.41, 5.74) is 0. The molecule has 0 radical (unpaired) electrons. The van der Waals surface area contributed by atoms with Crippen LogP contribution in [-0.4, -0.2) is 312 Å². The Bertz CT molecular complexity index is 365. The molecule has 25 heavy (non-hydrogen) atoms. The number of hydrogen-bond acceptors (Lipinski definition) is 6. The Morgan fingerprint density at radius 3 is 0.480 bits per heavy atom. The van der Waals surface area contributed by atoms with Crippen LogP contribution in [0, 0.1) is 0 Å². The van der Waals surface area contributed by atoms with E-state index >= 15 is 0 Å². The average molecular weight is 572 g/mol. The van der Waals surface area contributed by atoms with Gasteiger partial charge in [0.2, 0.25) is 0 Å². The second-order valence-corrected chi connectivity index (χ2v) is 7.36. The van der Waals surface area contributed by atoms with Gasteiger partial charge in [0, 0.05) is 0 Å². The zero-order valence-electron chi connectivity index (χ0n) is 7.82. The van der Waals surface area contributed by atoms with Crippen molar-refractivity contribution in [2.24, 2.45) is 0 Å². The van der Waals surface area contributed by atoms with Crippen LogP contribution in [0.2, 0.25) is 0 Å². The zero-order chi connectivity index (χ0) is 15.4. The van der Waals surface area contributed by atoms with E-state index in [9.17, 15) is 18.3 Å². The summed E-state index contributed by atoms with van der Waals surface area (Å²) >= 11 is 0. The third-order valence-corrected chi connectivity index (χ3v) is 3.83. The molecule has 0 fully saturated rings. The van der Waals surface area contributed by atoms with Crippen molar-refractivity contribution in [1.82, 2.24) is 0 Å². The van der Waals surface area contributed by atoms with Crippen molar-refractivity contribution in [2.45, 2.75) is 0 Å². The van der Waals surface area contributed by atoms with Crippen LogP contribution in [0.3, 0.4) is 0 Å². The molecule has 0 aromatic heterocycles. The number of hydrogen-bond donors (Lipinski definition) is 8. The monoisotopic (exact) mass is 572 g/mol. The molecule has 0 saturated heterocycles. The van der Waals surface area contributed by atoms with Crippen LogP contribution in [-0.2, 0) is 26.9 Å². The van der Waals surface area contributed by atoms with E-state index in [1.807, 2.05) is 0 Å². The minimum absolute atomic E-state index is 0. The SMILES string of the molecule is O=P(O)(O)OP(=O)(O)O.O=P(O)(O)OP(=O)(O)O.[KH].[KH].[KH].[NaH].[NaH].[NaH].[NaH]. The first-order valence-corrected chi connectivity index (χ1v) is 9.18.